The van der Waals surface area contributed by atoms with Crippen LogP contribution in [0.15, 0.2) is 0 Å². The van der Waals surface area contributed by atoms with Crippen molar-refractivity contribution in [2.45, 2.75) is 58.5 Å². The second-order valence-electron chi connectivity index (χ2n) is 5.30. The normalized spacial score (nSPS) is 32.9. The molecule has 0 aliphatic heterocycles. The Hall–Kier alpha value is -0.370. The summed E-state index contributed by atoms with van der Waals surface area (Å²) in [6.45, 7) is 5.88. The molecule has 1 fully saturated rings. The summed E-state index contributed by atoms with van der Waals surface area (Å²) in [5.41, 5.74) is -0.518. The number of rotatable bonds is 2. The summed E-state index contributed by atoms with van der Waals surface area (Å²) in [5.74, 6) is 0.0974. The Morgan fingerprint density at radius 3 is 2.46 bits per heavy atom. The van der Waals surface area contributed by atoms with Gasteiger partial charge in [0.15, 0.2) is 0 Å². The highest BCUT2D eigenvalue weighted by atomic mass is 16.3. The Balaban J connectivity index is 2.63. The minimum absolute atomic E-state index is 0.0974. The summed E-state index contributed by atoms with van der Waals surface area (Å²) in [5, 5.41) is 10.2. The molecule has 76 valence electrons. The summed E-state index contributed by atoms with van der Waals surface area (Å²) >= 11 is 0. The van der Waals surface area contributed by atoms with E-state index < -0.39 is 5.60 Å². The lowest BCUT2D eigenvalue weighted by atomic mass is 9.68. The molecule has 1 rings (SSSR count). The highest BCUT2D eigenvalue weighted by molar-refractivity contribution is 5.76. The maximum Gasteiger partial charge on any atom is 0.132 e. The molecule has 0 aromatic heterocycles. The number of hydrogen-bond donors (Lipinski definition) is 1. The van der Waals surface area contributed by atoms with E-state index in [9.17, 15) is 9.90 Å². The van der Waals surface area contributed by atoms with Gasteiger partial charge in [-0.2, -0.15) is 0 Å². The van der Waals surface area contributed by atoms with Crippen LogP contribution in [0.1, 0.15) is 52.9 Å². The fourth-order valence-corrected chi connectivity index (χ4v) is 2.58. The van der Waals surface area contributed by atoms with E-state index in [1.54, 1.807) is 6.92 Å². The van der Waals surface area contributed by atoms with Gasteiger partial charge in [0.25, 0.3) is 0 Å². The largest absolute Gasteiger partial charge is 0.389 e. The number of carbonyl (C=O) groups excluding carboxylic acids is 1. The third-order valence-corrected chi connectivity index (χ3v) is 2.88. The van der Waals surface area contributed by atoms with Gasteiger partial charge in [-0.1, -0.05) is 20.3 Å². The van der Waals surface area contributed by atoms with Gasteiger partial charge < -0.3 is 5.11 Å². The van der Waals surface area contributed by atoms with Crippen molar-refractivity contribution in [3.63, 3.8) is 0 Å². The predicted octanol–water partition coefficient (Wildman–Crippen LogP) is 2.30. The second kappa shape index (κ2) is 3.41. The van der Waals surface area contributed by atoms with E-state index in [0.717, 1.165) is 25.7 Å². The summed E-state index contributed by atoms with van der Waals surface area (Å²) in [6, 6.07) is 0. The van der Waals surface area contributed by atoms with Gasteiger partial charge in [-0.05, 0) is 31.6 Å². The number of Topliss-reactive ketones (excluding diaryl/α,β-unsaturated/α-hetero) is 1. The molecule has 0 saturated heterocycles. The summed E-state index contributed by atoms with van der Waals surface area (Å²) in [7, 11) is 0. The van der Waals surface area contributed by atoms with Crippen molar-refractivity contribution in [3.8, 4) is 0 Å². The molecular weight excluding hydrogens is 164 g/mol. The molecule has 13 heavy (non-hydrogen) atoms. The van der Waals surface area contributed by atoms with Gasteiger partial charge in [-0.15, -0.1) is 0 Å². The number of carbonyl (C=O) groups is 1. The minimum Gasteiger partial charge on any atom is -0.389 e. The first-order valence-electron chi connectivity index (χ1n) is 5.05. The first-order chi connectivity index (χ1) is 5.83. The van der Waals surface area contributed by atoms with Gasteiger partial charge in [0.2, 0.25) is 0 Å². The molecule has 0 spiro atoms. The van der Waals surface area contributed by atoms with Crippen LogP contribution in [0.3, 0.4) is 0 Å². The van der Waals surface area contributed by atoms with E-state index >= 15 is 0 Å². The average molecular weight is 184 g/mol. The van der Waals surface area contributed by atoms with Crippen molar-refractivity contribution in [2.75, 3.05) is 0 Å². The molecule has 2 heteroatoms. The van der Waals surface area contributed by atoms with Crippen LogP contribution in [0.2, 0.25) is 0 Å². The van der Waals surface area contributed by atoms with E-state index in [1.165, 1.54) is 0 Å². The molecule has 1 saturated carbocycles. The highest BCUT2D eigenvalue weighted by Gasteiger charge is 2.38. The maximum atomic E-state index is 11.0. The lowest BCUT2D eigenvalue weighted by Crippen LogP contribution is -2.40. The van der Waals surface area contributed by atoms with Gasteiger partial charge in [0.1, 0.15) is 5.78 Å². The van der Waals surface area contributed by atoms with Crippen LogP contribution in [0, 0.1) is 5.41 Å². The van der Waals surface area contributed by atoms with Crippen molar-refractivity contribution in [3.05, 3.63) is 0 Å². The van der Waals surface area contributed by atoms with Crippen LogP contribution in [0.4, 0.5) is 0 Å². The Bertz CT molecular complexity index is 208. The van der Waals surface area contributed by atoms with Crippen LogP contribution >= 0.6 is 0 Å². The number of ketones is 1. The molecule has 1 atom stereocenters. The van der Waals surface area contributed by atoms with Gasteiger partial charge in [0, 0.05) is 6.42 Å². The van der Waals surface area contributed by atoms with Crippen molar-refractivity contribution in [1.29, 1.82) is 0 Å². The molecule has 2 nitrogen and oxygen atoms in total. The fraction of sp³-hybridized carbons (Fsp3) is 0.909. The molecule has 0 bridgehead atoms. The third kappa shape index (κ3) is 3.11. The summed E-state index contributed by atoms with van der Waals surface area (Å²) < 4.78 is 0. The summed E-state index contributed by atoms with van der Waals surface area (Å²) in [6.07, 6.45) is 4.08. The molecule has 0 aromatic carbocycles. The number of aliphatic hydroxyl groups is 1. The predicted molar refractivity (Wildman–Crippen MR) is 52.5 cm³/mol. The summed E-state index contributed by atoms with van der Waals surface area (Å²) in [4.78, 5) is 11.0. The van der Waals surface area contributed by atoms with Crippen LogP contribution in [0.5, 0.6) is 0 Å². The van der Waals surface area contributed by atoms with Gasteiger partial charge >= 0.3 is 0 Å². The Morgan fingerprint density at radius 1 is 1.38 bits per heavy atom. The lowest BCUT2D eigenvalue weighted by Gasteiger charge is -2.41. The van der Waals surface area contributed by atoms with Gasteiger partial charge in [-0.3, -0.25) is 4.79 Å². The van der Waals surface area contributed by atoms with E-state index in [1.807, 2.05) is 0 Å². The Kier molecular flexibility index (Phi) is 2.81. The Morgan fingerprint density at radius 2 is 2.00 bits per heavy atom. The monoisotopic (exact) mass is 184 g/mol. The zero-order chi connectivity index (χ0) is 10.1. The maximum absolute atomic E-state index is 11.0. The van der Waals surface area contributed by atoms with Gasteiger partial charge in [-0.25, -0.2) is 0 Å². The molecule has 0 aromatic rings. The topological polar surface area (TPSA) is 37.3 Å². The quantitative estimate of drug-likeness (QED) is 0.715. The molecule has 0 amide bonds. The Labute approximate surface area is 80.3 Å². The van der Waals surface area contributed by atoms with E-state index in [-0.39, 0.29) is 11.2 Å². The lowest BCUT2D eigenvalue weighted by molar-refractivity contribution is -0.125. The molecule has 1 unspecified atom stereocenters. The average Bonchev–Trinajstić information content (AvgIpc) is 1.79. The van der Waals surface area contributed by atoms with Crippen LogP contribution in [0.25, 0.3) is 0 Å². The highest BCUT2D eigenvalue weighted by Crippen LogP contribution is 2.42. The zero-order valence-electron chi connectivity index (χ0n) is 8.89. The molecule has 0 heterocycles. The fourth-order valence-electron chi connectivity index (χ4n) is 2.58. The van der Waals surface area contributed by atoms with E-state index in [0.29, 0.717) is 6.42 Å². The van der Waals surface area contributed by atoms with E-state index in [2.05, 4.69) is 13.8 Å². The minimum atomic E-state index is -0.715. The van der Waals surface area contributed by atoms with Crippen molar-refractivity contribution < 1.29 is 9.90 Å². The first-order valence-corrected chi connectivity index (χ1v) is 5.05. The van der Waals surface area contributed by atoms with E-state index in [4.69, 9.17) is 0 Å². The standard InChI is InChI=1S/C11H20O2/c1-9(12)7-11(13)6-4-5-10(2,3)8-11/h13H,4-8H2,1-3H3. The molecule has 0 radical (unpaired) electrons. The SMILES string of the molecule is CC(=O)CC1(O)CCCC(C)(C)C1. The third-order valence-electron chi connectivity index (χ3n) is 2.88. The van der Waals surface area contributed by atoms with Crippen LogP contribution < -0.4 is 0 Å². The van der Waals surface area contributed by atoms with Crippen molar-refractivity contribution in [1.82, 2.24) is 0 Å². The van der Waals surface area contributed by atoms with Crippen molar-refractivity contribution in [2.24, 2.45) is 5.41 Å². The smallest absolute Gasteiger partial charge is 0.132 e. The molecule has 1 N–H and O–H groups in total. The number of hydrogen-bond acceptors (Lipinski definition) is 2. The van der Waals surface area contributed by atoms with Crippen LogP contribution in [-0.4, -0.2) is 16.5 Å². The zero-order valence-corrected chi connectivity index (χ0v) is 8.89. The van der Waals surface area contributed by atoms with Gasteiger partial charge in [0.05, 0.1) is 5.60 Å². The molecule has 1 aliphatic carbocycles. The second-order valence-corrected chi connectivity index (χ2v) is 5.30. The van der Waals surface area contributed by atoms with Crippen LogP contribution in [-0.2, 0) is 4.79 Å². The molecular formula is C11H20O2. The molecule has 1 aliphatic rings. The van der Waals surface area contributed by atoms with Crippen molar-refractivity contribution >= 4 is 5.78 Å². The first kappa shape index (κ1) is 10.7.